The van der Waals surface area contributed by atoms with Gasteiger partial charge in [0.15, 0.2) is 0 Å². The van der Waals surface area contributed by atoms with Gasteiger partial charge in [-0.1, -0.05) is 29.8 Å². The van der Waals surface area contributed by atoms with Gasteiger partial charge in [-0.3, -0.25) is 14.9 Å². The summed E-state index contributed by atoms with van der Waals surface area (Å²) >= 11 is 0. The first kappa shape index (κ1) is 18.4. The number of rotatable bonds is 4. The van der Waals surface area contributed by atoms with Gasteiger partial charge in [0.2, 0.25) is 0 Å². The van der Waals surface area contributed by atoms with Crippen molar-refractivity contribution in [2.45, 2.75) is 13.8 Å². The third-order valence-corrected chi connectivity index (χ3v) is 4.51. The Kier molecular flexibility index (Phi) is 5.07. The van der Waals surface area contributed by atoms with Crippen molar-refractivity contribution in [3.05, 3.63) is 65.2 Å². The number of hydrogen-bond donors (Lipinski definition) is 1. The molecule has 0 aliphatic carbocycles. The number of barbiturate groups is 1. The lowest BCUT2D eigenvalue weighted by Crippen LogP contribution is -2.54. The van der Waals surface area contributed by atoms with E-state index in [4.69, 9.17) is 0 Å². The Balaban J connectivity index is 1.93. The van der Waals surface area contributed by atoms with E-state index < -0.39 is 17.8 Å². The van der Waals surface area contributed by atoms with E-state index in [1.54, 1.807) is 24.3 Å². The van der Waals surface area contributed by atoms with E-state index in [-0.39, 0.29) is 5.57 Å². The van der Waals surface area contributed by atoms with Crippen LogP contribution in [0.1, 0.15) is 18.1 Å². The molecule has 27 heavy (non-hydrogen) atoms. The smallest absolute Gasteiger partial charge is 0.335 e. The molecule has 4 amide bonds. The standard InChI is InChI=1S/C21H21N3O3/c1-4-23(3)16-11-7-15(8-12-16)13-18-19(25)22-21(27)24(20(18)26)17-9-5-14(2)6-10-17/h5-13H,4H2,1-3H3,(H,22,25,27)/b18-13-. The fourth-order valence-corrected chi connectivity index (χ4v) is 2.76. The number of amides is 4. The Morgan fingerprint density at radius 1 is 1.00 bits per heavy atom. The fourth-order valence-electron chi connectivity index (χ4n) is 2.76. The summed E-state index contributed by atoms with van der Waals surface area (Å²) in [6.07, 6.45) is 1.50. The zero-order valence-corrected chi connectivity index (χ0v) is 15.5. The minimum atomic E-state index is -0.745. The number of urea groups is 1. The molecule has 2 aromatic rings. The second-order valence-electron chi connectivity index (χ2n) is 6.40. The molecule has 0 spiro atoms. The maximum absolute atomic E-state index is 12.8. The Labute approximate surface area is 158 Å². The van der Waals surface area contributed by atoms with Crippen LogP contribution < -0.4 is 15.1 Å². The van der Waals surface area contributed by atoms with Gasteiger partial charge in [-0.05, 0) is 49.8 Å². The quantitative estimate of drug-likeness (QED) is 0.669. The molecule has 0 bridgehead atoms. The molecule has 3 rings (SSSR count). The number of hydrogen-bond acceptors (Lipinski definition) is 4. The molecule has 1 N–H and O–H groups in total. The maximum Gasteiger partial charge on any atom is 0.335 e. The van der Waals surface area contributed by atoms with Crippen LogP contribution in [0.15, 0.2) is 54.1 Å². The first-order chi connectivity index (χ1) is 12.9. The Morgan fingerprint density at radius 3 is 2.22 bits per heavy atom. The number of benzene rings is 2. The SMILES string of the molecule is CCN(C)c1ccc(/C=C2/C(=O)NC(=O)N(c3ccc(C)cc3)C2=O)cc1. The number of carbonyl (C=O) groups is 3. The van der Waals surface area contributed by atoms with Gasteiger partial charge in [-0.25, -0.2) is 9.69 Å². The summed E-state index contributed by atoms with van der Waals surface area (Å²) in [5.74, 6) is -1.33. The van der Waals surface area contributed by atoms with Crippen LogP contribution in [0.25, 0.3) is 6.08 Å². The fraction of sp³-hybridized carbons (Fsp3) is 0.190. The zero-order chi connectivity index (χ0) is 19.6. The van der Waals surface area contributed by atoms with Gasteiger partial charge < -0.3 is 4.90 Å². The summed E-state index contributed by atoms with van der Waals surface area (Å²) in [6.45, 7) is 4.84. The average Bonchev–Trinajstić information content (AvgIpc) is 2.66. The van der Waals surface area contributed by atoms with E-state index in [2.05, 4.69) is 17.1 Å². The predicted octanol–water partition coefficient (Wildman–Crippen LogP) is 3.12. The number of carbonyl (C=O) groups excluding carboxylic acids is 3. The van der Waals surface area contributed by atoms with Crippen molar-refractivity contribution in [3.63, 3.8) is 0 Å². The van der Waals surface area contributed by atoms with E-state index in [1.807, 2.05) is 38.2 Å². The van der Waals surface area contributed by atoms with E-state index in [1.165, 1.54) is 6.08 Å². The molecule has 0 atom stereocenters. The van der Waals surface area contributed by atoms with Crippen molar-refractivity contribution >= 4 is 35.3 Å². The molecule has 138 valence electrons. The van der Waals surface area contributed by atoms with E-state index >= 15 is 0 Å². The molecule has 0 radical (unpaired) electrons. The van der Waals surface area contributed by atoms with Crippen molar-refractivity contribution in [2.24, 2.45) is 0 Å². The highest BCUT2D eigenvalue weighted by Crippen LogP contribution is 2.23. The highest BCUT2D eigenvalue weighted by atomic mass is 16.2. The molecule has 1 aliphatic heterocycles. The molecule has 1 saturated heterocycles. The third kappa shape index (κ3) is 3.74. The molecule has 1 fully saturated rings. The minimum Gasteiger partial charge on any atom is -0.375 e. The predicted molar refractivity (Wildman–Crippen MR) is 106 cm³/mol. The minimum absolute atomic E-state index is 0.0771. The molecular weight excluding hydrogens is 342 g/mol. The highest BCUT2D eigenvalue weighted by molar-refractivity contribution is 6.39. The van der Waals surface area contributed by atoms with Crippen molar-refractivity contribution in [1.29, 1.82) is 0 Å². The molecule has 1 heterocycles. The Hall–Kier alpha value is -3.41. The summed E-state index contributed by atoms with van der Waals surface area (Å²) in [4.78, 5) is 40.3. The van der Waals surface area contributed by atoms with Crippen LogP contribution in [-0.4, -0.2) is 31.4 Å². The summed E-state index contributed by atoms with van der Waals surface area (Å²) in [6, 6.07) is 13.7. The van der Waals surface area contributed by atoms with Crippen LogP contribution in [0.3, 0.4) is 0 Å². The van der Waals surface area contributed by atoms with Crippen molar-refractivity contribution in [3.8, 4) is 0 Å². The van der Waals surface area contributed by atoms with Crippen LogP contribution >= 0.6 is 0 Å². The highest BCUT2D eigenvalue weighted by Gasteiger charge is 2.36. The zero-order valence-electron chi connectivity index (χ0n) is 15.5. The summed E-state index contributed by atoms with van der Waals surface area (Å²) in [7, 11) is 1.98. The van der Waals surface area contributed by atoms with Crippen LogP contribution in [0.5, 0.6) is 0 Å². The van der Waals surface area contributed by atoms with Gasteiger partial charge in [0.25, 0.3) is 11.8 Å². The topological polar surface area (TPSA) is 69.7 Å². The third-order valence-electron chi connectivity index (χ3n) is 4.51. The average molecular weight is 363 g/mol. The van der Waals surface area contributed by atoms with E-state index in [9.17, 15) is 14.4 Å². The van der Waals surface area contributed by atoms with Gasteiger partial charge in [0.1, 0.15) is 5.57 Å². The van der Waals surface area contributed by atoms with Gasteiger partial charge in [0.05, 0.1) is 5.69 Å². The molecule has 6 nitrogen and oxygen atoms in total. The Morgan fingerprint density at radius 2 is 1.63 bits per heavy atom. The normalized spacial score (nSPS) is 15.9. The molecular formula is C21H21N3O3. The largest absolute Gasteiger partial charge is 0.375 e. The van der Waals surface area contributed by atoms with E-state index in [0.717, 1.165) is 22.7 Å². The van der Waals surface area contributed by atoms with Crippen LogP contribution in [0.4, 0.5) is 16.2 Å². The number of nitrogens with one attached hydrogen (secondary N) is 1. The lowest BCUT2D eigenvalue weighted by atomic mass is 10.1. The second kappa shape index (κ2) is 7.45. The number of anilines is 2. The summed E-state index contributed by atoms with van der Waals surface area (Å²) < 4.78 is 0. The molecule has 0 aromatic heterocycles. The number of nitrogens with zero attached hydrogens (tertiary/aromatic N) is 2. The van der Waals surface area contributed by atoms with Gasteiger partial charge in [-0.2, -0.15) is 0 Å². The van der Waals surface area contributed by atoms with Gasteiger partial charge in [-0.15, -0.1) is 0 Å². The van der Waals surface area contributed by atoms with Crippen LogP contribution in [0, 0.1) is 6.92 Å². The van der Waals surface area contributed by atoms with Gasteiger partial charge in [0, 0.05) is 19.3 Å². The van der Waals surface area contributed by atoms with Crippen molar-refractivity contribution in [2.75, 3.05) is 23.4 Å². The van der Waals surface area contributed by atoms with E-state index in [0.29, 0.717) is 11.3 Å². The Bertz CT molecular complexity index is 915. The first-order valence-electron chi connectivity index (χ1n) is 8.70. The number of imide groups is 2. The molecule has 0 unspecified atom stereocenters. The molecule has 6 heteroatoms. The summed E-state index contributed by atoms with van der Waals surface area (Å²) in [5.41, 5.74) is 3.09. The summed E-state index contributed by atoms with van der Waals surface area (Å²) in [5, 5.41) is 2.23. The first-order valence-corrected chi connectivity index (χ1v) is 8.70. The second-order valence-corrected chi connectivity index (χ2v) is 6.40. The van der Waals surface area contributed by atoms with Crippen molar-refractivity contribution in [1.82, 2.24) is 5.32 Å². The van der Waals surface area contributed by atoms with Crippen LogP contribution in [0.2, 0.25) is 0 Å². The maximum atomic E-state index is 12.8. The molecule has 1 aliphatic rings. The lowest BCUT2D eigenvalue weighted by molar-refractivity contribution is -0.122. The molecule has 2 aromatic carbocycles. The van der Waals surface area contributed by atoms with Crippen molar-refractivity contribution < 1.29 is 14.4 Å². The monoisotopic (exact) mass is 363 g/mol. The lowest BCUT2D eigenvalue weighted by Gasteiger charge is -2.26. The number of aryl methyl sites for hydroxylation is 1. The van der Waals surface area contributed by atoms with Crippen LogP contribution in [-0.2, 0) is 9.59 Å². The van der Waals surface area contributed by atoms with Gasteiger partial charge >= 0.3 is 6.03 Å². The molecule has 0 saturated carbocycles.